The number of rotatable bonds is 21. The molecule has 2 aromatic heterocycles. The number of methoxy groups -OCH3 is 3. The van der Waals surface area contributed by atoms with E-state index in [9.17, 15) is 10.1 Å². The molecule has 10 rings (SSSR count). The van der Waals surface area contributed by atoms with Crippen molar-refractivity contribution < 1.29 is 42.3 Å². The van der Waals surface area contributed by atoms with Crippen molar-refractivity contribution in [1.29, 1.82) is 5.26 Å². The van der Waals surface area contributed by atoms with Gasteiger partial charge in [0.2, 0.25) is 0 Å². The van der Waals surface area contributed by atoms with Crippen LogP contribution in [-0.2, 0) is 40.1 Å². The third kappa shape index (κ3) is 11.8. The molecule has 0 radical (unpaired) electrons. The van der Waals surface area contributed by atoms with Gasteiger partial charge in [0.15, 0.2) is 11.4 Å². The van der Waals surface area contributed by atoms with Gasteiger partial charge in [0.05, 0.1) is 70.4 Å². The second-order valence-corrected chi connectivity index (χ2v) is 25.0. The van der Waals surface area contributed by atoms with Gasteiger partial charge in [-0.25, -0.2) is 19.6 Å². The molecule has 2 saturated carbocycles. The van der Waals surface area contributed by atoms with Gasteiger partial charge < -0.3 is 46.9 Å². The van der Waals surface area contributed by atoms with E-state index in [4.69, 9.17) is 52.4 Å². The first-order valence-electron chi connectivity index (χ1n) is 29.4. The minimum atomic E-state index is -1.73. The number of aliphatic imine (C=N–C) groups is 1. The zero-order valence-corrected chi connectivity index (χ0v) is 51.3. The lowest BCUT2D eigenvalue weighted by atomic mass is 9.53. The van der Waals surface area contributed by atoms with Crippen LogP contribution in [-0.4, -0.2) is 115 Å². The fourth-order valence-corrected chi connectivity index (χ4v) is 15.7. The van der Waals surface area contributed by atoms with E-state index in [-0.39, 0.29) is 37.7 Å². The predicted octanol–water partition coefficient (Wildman–Crippen LogP) is 12.8. The summed E-state index contributed by atoms with van der Waals surface area (Å²) in [4.78, 5) is 29.9. The number of aromatic nitrogens is 3. The molecule has 0 N–H and O–H groups in total. The number of carbonyl (C=O) groups is 1. The van der Waals surface area contributed by atoms with E-state index in [1.165, 1.54) is 24.4 Å². The fraction of sp³-hybridized carbons (Fsp3) is 0.478. The van der Waals surface area contributed by atoms with E-state index in [0.717, 1.165) is 54.5 Å². The van der Waals surface area contributed by atoms with Crippen LogP contribution in [0.3, 0.4) is 0 Å². The lowest BCUT2D eigenvalue weighted by molar-refractivity contribution is -0.165. The Morgan fingerprint density at radius 1 is 0.893 bits per heavy atom. The minimum absolute atomic E-state index is 0.0426. The molecule has 3 fully saturated rings. The summed E-state index contributed by atoms with van der Waals surface area (Å²) in [6.07, 6.45) is 9.19. The van der Waals surface area contributed by atoms with Gasteiger partial charge in [-0.2, -0.15) is 5.26 Å². The quantitative estimate of drug-likeness (QED) is 0.0127. The van der Waals surface area contributed by atoms with E-state index >= 15 is 0 Å². The normalized spacial score (nSPS) is 24.1. The molecule has 9 atom stereocenters. The Morgan fingerprint density at radius 2 is 1.56 bits per heavy atom. The summed E-state index contributed by atoms with van der Waals surface area (Å²) < 4.78 is 56.7. The van der Waals surface area contributed by atoms with Crippen LogP contribution in [0.4, 0.5) is 5.82 Å². The van der Waals surface area contributed by atoms with Gasteiger partial charge >= 0.3 is 5.97 Å². The van der Waals surface area contributed by atoms with Gasteiger partial charge in [-0.15, -0.1) is 0 Å². The average molecular weight is 1160 g/mol. The van der Waals surface area contributed by atoms with Gasteiger partial charge in [-0.05, 0) is 154 Å². The molecule has 0 bridgehead atoms. The highest BCUT2D eigenvalue weighted by Crippen LogP contribution is 2.65. The lowest BCUT2D eigenvalue weighted by Crippen LogP contribution is -2.52. The predicted molar refractivity (Wildman–Crippen MR) is 325 cm³/mol. The molecule has 1 aliphatic heterocycles. The SMILES string of the molecule is COc1ccc(C(OC[C@H]2O[C@@H](n3cc(C#C[C@]4(OC(C)=O)CC[C@H]5[C@@H]6CCc7cc(OC)ccc7[C@H]6CC[C@@]54C)c4c(/N=C\N(C)C)ncnc43)C[C@@H]2OP(OCCC#N)N(C(C)C)C(C)C)(c2ccccc2)c2ccc(OC)cc2)cc1. The van der Waals surface area contributed by atoms with Gasteiger partial charge in [-0.3, -0.25) is 4.79 Å². The summed E-state index contributed by atoms with van der Waals surface area (Å²) >= 11 is 0. The molecule has 1 unspecified atom stereocenters. The van der Waals surface area contributed by atoms with Crippen molar-refractivity contribution in [3.8, 4) is 35.2 Å². The van der Waals surface area contributed by atoms with Crippen molar-refractivity contribution >= 4 is 37.7 Å². The third-order valence-electron chi connectivity index (χ3n) is 17.8. The molecule has 3 aliphatic carbocycles. The molecule has 0 spiro atoms. The van der Waals surface area contributed by atoms with Crippen LogP contribution in [0, 0.1) is 40.4 Å². The maximum Gasteiger partial charge on any atom is 0.304 e. The van der Waals surface area contributed by atoms with Crippen molar-refractivity contribution in [3.63, 3.8) is 0 Å². The summed E-state index contributed by atoms with van der Waals surface area (Å²) in [5.74, 6) is 10.9. The van der Waals surface area contributed by atoms with Crippen LogP contribution in [0.15, 0.2) is 115 Å². The lowest BCUT2D eigenvalue weighted by Gasteiger charge is -2.52. The Labute approximate surface area is 496 Å². The van der Waals surface area contributed by atoms with Gasteiger partial charge in [0, 0.05) is 51.1 Å². The highest BCUT2D eigenvalue weighted by atomic mass is 31.2. The Hall–Kier alpha value is -6.88. The zero-order chi connectivity index (χ0) is 59.3. The van der Waals surface area contributed by atoms with Crippen LogP contribution in [0.25, 0.3) is 11.0 Å². The van der Waals surface area contributed by atoms with Gasteiger partial charge in [0.25, 0.3) is 8.53 Å². The first-order chi connectivity index (χ1) is 40.6. The Kier molecular flexibility index (Phi) is 18.5. The number of carbonyl (C=O) groups excluding carboxylic acids is 1. The molecular weight excluding hydrogens is 1080 g/mol. The maximum atomic E-state index is 13.4. The summed E-state index contributed by atoms with van der Waals surface area (Å²) in [5, 5.41) is 10.3. The van der Waals surface area contributed by atoms with E-state index in [2.05, 4.69) is 87.5 Å². The number of ether oxygens (including phenoxy) is 6. The standard InChI is InChI=1S/C67H80N7O9P/c1-44(2)74(45(3)4)84(80-37-15-36-68)83-59-39-61(81-60(59)41-79-67(49-16-13-12-14-17-49,50-19-23-52(76-9)24-20-50)51-21-25-53(77-10)26-22-51)73-40-48(62-63(71-43-72(7)8)69-42-70-64(62)73)30-34-66(82-46(5)75)35-32-58-57-28-18-47-38-54(78-11)27-29-55(47)56(57)31-33-65(58,66)6/h12-14,16-17,19-27,29,38,40,42-45,56-61H,15,18,28,31-33,35,37,39,41H2,1-11H3/b71-43-/t56-,57-,58+,59+,60-,61-,65+,66+,84?/m1/s1. The minimum Gasteiger partial charge on any atom is -0.497 e. The number of nitrogens with zero attached hydrogens (tertiary/aromatic N) is 7. The molecule has 84 heavy (non-hydrogen) atoms. The Morgan fingerprint density at radius 3 is 2.19 bits per heavy atom. The topological polar surface area (TPSA) is 164 Å². The van der Waals surface area contributed by atoms with Crippen molar-refractivity contribution in [2.45, 2.75) is 141 Å². The summed E-state index contributed by atoms with van der Waals surface area (Å²) in [6.45, 7) is 12.6. The van der Waals surface area contributed by atoms with Crippen molar-refractivity contribution in [2.75, 3.05) is 48.6 Å². The fourth-order valence-electron chi connectivity index (χ4n) is 14.0. The second-order valence-electron chi connectivity index (χ2n) is 23.6. The number of benzene rings is 4. The van der Waals surface area contributed by atoms with Crippen molar-refractivity contribution in [2.24, 2.45) is 22.2 Å². The smallest absolute Gasteiger partial charge is 0.304 e. The molecule has 4 aromatic carbocycles. The molecule has 6 aromatic rings. The van der Waals surface area contributed by atoms with E-state index < -0.39 is 43.6 Å². The summed E-state index contributed by atoms with van der Waals surface area (Å²) in [7, 11) is 7.13. The van der Waals surface area contributed by atoms with Gasteiger partial charge in [0.1, 0.15) is 47.2 Å². The molecule has 0 amide bonds. The summed E-state index contributed by atoms with van der Waals surface area (Å²) in [5.41, 5.74) is 3.98. The average Bonchev–Trinajstić information content (AvgIpc) is 1.54. The molecule has 17 heteroatoms. The van der Waals surface area contributed by atoms with E-state index in [1.807, 2.05) is 96.5 Å². The molecule has 4 aliphatic rings. The van der Waals surface area contributed by atoms with Crippen LogP contribution in [0.2, 0.25) is 0 Å². The number of esters is 1. The number of hydrogen-bond donors (Lipinski definition) is 0. The number of nitriles is 1. The van der Waals surface area contributed by atoms with E-state index in [1.54, 1.807) is 27.7 Å². The Bertz CT molecular complexity index is 3340. The van der Waals surface area contributed by atoms with Crippen LogP contribution >= 0.6 is 8.53 Å². The Balaban J connectivity index is 1.08. The first-order valence-corrected chi connectivity index (χ1v) is 30.5. The van der Waals surface area contributed by atoms with E-state index in [0.29, 0.717) is 64.5 Å². The maximum absolute atomic E-state index is 13.4. The molecule has 3 heterocycles. The highest BCUT2D eigenvalue weighted by molar-refractivity contribution is 7.44. The zero-order valence-electron chi connectivity index (χ0n) is 50.4. The molecule has 16 nitrogen and oxygen atoms in total. The van der Waals surface area contributed by atoms with Crippen LogP contribution in [0.1, 0.15) is 132 Å². The molecule has 1 saturated heterocycles. The first kappa shape index (κ1) is 60.2. The largest absolute Gasteiger partial charge is 0.497 e. The number of aryl methyl sites for hydroxylation is 1. The molecule has 442 valence electrons. The molecular formula is C67H80N7O9P. The second kappa shape index (κ2) is 25.8. The van der Waals surface area contributed by atoms with Crippen LogP contribution < -0.4 is 14.2 Å². The van der Waals surface area contributed by atoms with Crippen molar-refractivity contribution in [1.82, 2.24) is 24.1 Å². The highest BCUT2D eigenvalue weighted by Gasteiger charge is 2.64. The number of fused-ring (bicyclic) bond motifs is 6. The summed E-state index contributed by atoms with van der Waals surface area (Å²) in [6, 6.07) is 35.0. The van der Waals surface area contributed by atoms with Gasteiger partial charge in [-0.1, -0.05) is 73.5 Å². The van der Waals surface area contributed by atoms with Crippen LogP contribution in [0.5, 0.6) is 17.2 Å². The number of hydrogen-bond acceptors (Lipinski definition) is 14. The van der Waals surface area contributed by atoms with Crippen molar-refractivity contribution in [3.05, 3.63) is 143 Å². The monoisotopic (exact) mass is 1160 g/mol. The third-order valence-corrected chi connectivity index (χ3v) is 19.9.